The van der Waals surface area contributed by atoms with Crippen molar-refractivity contribution in [3.63, 3.8) is 0 Å². The molecule has 0 unspecified atom stereocenters. The van der Waals surface area contributed by atoms with Crippen molar-refractivity contribution in [3.8, 4) is 5.69 Å². The fourth-order valence-corrected chi connectivity index (χ4v) is 4.22. The fourth-order valence-electron chi connectivity index (χ4n) is 3.57. The van der Waals surface area contributed by atoms with Gasteiger partial charge in [-0.05, 0) is 61.9 Å². The minimum Gasteiger partial charge on any atom is -0.345 e. The molecule has 1 aromatic carbocycles. The van der Waals surface area contributed by atoms with Gasteiger partial charge < -0.3 is 5.32 Å². The SMILES string of the molecule is Cc1nnc(CNC(=O)c2c(C)ccn(-c3cccc4c3CCC4)c2=O)s1. The molecule has 0 spiro atoms. The summed E-state index contributed by atoms with van der Waals surface area (Å²) in [6.07, 6.45) is 4.86. The van der Waals surface area contributed by atoms with Gasteiger partial charge in [-0.15, -0.1) is 10.2 Å². The number of rotatable bonds is 4. The highest BCUT2D eigenvalue weighted by molar-refractivity contribution is 7.11. The number of nitrogens with one attached hydrogen (secondary N) is 1. The summed E-state index contributed by atoms with van der Waals surface area (Å²) >= 11 is 1.43. The molecule has 0 saturated carbocycles. The lowest BCUT2D eigenvalue weighted by atomic mass is 10.1. The summed E-state index contributed by atoms with van der Waals surface area (Å²) in [6.45, 7) is 3.91. The average molecular weight is 380 g/mol. The van der Waals surface area contributed by atoms with Crippen molar-refractivity contribution >= 4 is 17.2 Å². The lowest BCUT2D eigenvalue weighted by molar-refractivity contribution is 0.0948. The van der Waals surface area contributed by atoms with E-state index in [0.717, 1.165) is 35.0 Å². The van der Waals surface area contributed by atoms with Gasteiger partial charge in [0.1, 0.15) is 15.6 Å². The van der Waals surface area contributed by atoms with E-state index in [1.807, 2.05) is 25.1 Å². The number of fused-ring (bicyclic) bond motifs is 1. The van der Waals surface area contributed by atoms with Gasteiger partial charge in [0.05, 0.1) is 12.2 Å². The van der Waals surface area contributed by atoms with Crippen molar-refractivity contribution in [2.24, 2.45) is 0 Å². The molecule has 0 saturated heterocycles. The molecule has 27 heavy (non-hydrogen) atoms. The molecule has 1 N–H and O–H groups in total. The van der Waals surface area contributed by atoms with Crippen LogP contribution in [0.1, 0.15) is 43.5 Å². The smallest absolute Gasteiger partial charge is 0.268 e. The van der Waals surface area contributed by atoms with Gasteiger partial charge in [-0.3, -0.25) is 14.2 Å². The van der Waals surface area contributed by atoms with E-state index in [9.17, 15) is 9.59 Å². The summed E-state index contributed by atoms with van der Waals surface area (Å²) in [5.74, 6) is -0.382. The van der Waals surface area contributed by atoms with Gasteiger partial charge in [-0.25, -0.2) is 0 Å². The third-order valence-electron chi connectivity index (χ3n) is 4.88. The largest absolute Gasteiger partial charge is 0.345 e. The van der Waals surface area contributed by atoms with Crippen molar-refractivity contribution in [1.82, 2.24) is 20.1 Å². The zero-order chi connectivity index (χ0) is 19.0. The van der Waals surface area contributed by atoms with E-state index in [4.69, 9.17) is 0 Å². The van der Waals surface area contributed by atoms with Gasteiger partial charge in [-0.2, -0.15) is 0 Å². The monoisotopic (exact) mass is 380 g/mol. The van der Waals surface area contributed by atoms with Crippen LogP contribution in [-0.4, -0.2) is 20.7 Å². The van der Waals surface area contributed by atoms with Crippen LogP contribution in [0.15, 0.2) is 35.3 Å². The molecule has 1 amide bonds. The number of benzene rings is 1. The van der Waals surface area contributed by atoms with Gasteiger partial charge in [0.15, 0.2) is 0 Å². The normalized spacial score (nSPS) is 12.8. The van der Waals surface area contributed by atoms with E-state index in [1.165, 1.54) is 22.5 Å². The third kappa shape index (κ3) is 3.30. The van der Waals surface area contributed by atoms with Crippen LogP contribution >= 0.6 is 11.3 Å². The maximum Gasteiger partial charge on any atom is 0.268 e. The predicted octanol–water partition coefficient (Wildman–Crippen LogP) is 2.72. The first-order valence-corrected chi connectivity index (χ1v) is 9.77. The van der Waals surface area contributed by atoms with Gasteiger partial charge in [-0.1, -0.05) is 23.5 Å². The van der Waals surface area contributed by atoms with E-state index in [-0.39, 0.29) is 23.6 Å². The van der Waals surface area contributed by atoms with Crippen LogP contribution in [0.2, 0.25) is 0 Å². The Morgan fingerprint density at radius 2 is 2.07 bits per heavy atom. The van der Waals surface area contributed by atoms with Crippen molar-refractivity contribution in [3.05, 3.63) is 73.1 Å². The molecule has 0 aliphatic heterocycles. The van der Waals surface area contributed by atoms with Crippen molar-refractivity contribution < 1.29 is 4.79 Å². The first-order valence-electron chi connectivity index (χ1n) is 8.95. The summed E-state index contributed by atoms with van der Waals surface area (Å²) in [5, 5.41) is 12.3. The Morgan fingerprint density at radius 3 is 2.85 bits per heavy atom. The third-order valence-corrected chi connectivity index (χ3v) is 5.72. The summed E-state index contributed by atoms with van der Waals surface area (Å²) in [7, 11) is 0. The van der Waals surface area contributed by atoms with Gasteiger partial charge in [0, 0.05) is 6.20 Å². The van der Waals surface area contributed by atoms with Crippen LogP contribution in [0.3, 0.4) is 0 Å². The predicted molar refractivity (Wildman–Crippen MR) is 105 cm³/mol. The maximum atomic E-state index is 13.1. The molecular formula is C20H20N4O2S. The number of amides is 1. The highest BCUT2D eigenvalue weighted by Crippen LogP contribution is 2.27. The molecule has 2 heterocycles. The van der Waals surface area contributed by atoms with Crippen LogP contribution in [0.25, 0.3) is 5.69 Å². The molecular weight excluding hydrogens is 360 g/mol. The quantitative estimate of drug-likeness (QED) is 0.755. The summed E-state index contributed by atoms with van der Waals surface area (Å²) < 4.78 is 1.60. The van der Waals surface area contributed by atoms with E-state index in [1.54, 1.807) is 17.7 Å². The van der Waals surface area contributed by atoms with E-state index < -0.39 is 0 Å². The molecule has 0 atom stereocenters. The number of nitrogens with zero attached hydrogens (tertiary/aromatic N) is 3. The number of hydrogen-bond acceptors (Lipinski definition) is 5. The Morgan fingerprint density at radius 1 is 1.22 bits per heavy atom. The number of pyridine rings is 1. The minimum absolute atomic E-state index is 0.175. The molecule has 1 aliphatic rings. The fraction of sp³-hybridized carbons (Fsp3) is 0.300. The van der Waals surface area contributed by atoms with E-state index in [2.05, 4.69) is 21.6 Å². The second-order valence-corrected chi connectivity index (χ2v) is 7.98. The molecule has 0 bridgehead atoms. The zero-order valence-electron chi connectivity index (χ0n) is 15.3. The van der Waals surface area contributed by atoms with E-state index in [0.29, 0.717) is 5.56 Å². The lowest BCUT2D eigenvalue weighted by Gasteiger charge is -2.14. The zero-order valence-corrected chi connectivity index (χ0v) is 16.1. The standard InChI is InChI=1S/C20H20N4O2S/c1-12-9-10-24(16-8-4-6-14-5-3-7-15(14)16)20(26)18(12)19(25)21-11-17-23-22-13(2)27-17/h4,6,8-10H,3,5,7,11H2,1-2H3,(H,21,25). The molecule has 0 radical (unpaired) electrons. The van der Waals surface area contributed by atoms with Crippen LogP contribution in [0, 0.1) is 13.8 Å². The molecule has 138 valence electrons. The minimum atomic E-state index is -0.382. The van der Waals surface area contributed by atoms with Crippen molar-refractivity contribution in [1.29, 1.82) is 0 Å². The highest BCUT2D eigenvalue weighted by Gasteiger charge is 2.20. The van der Waals surface area contributed by atoms with Crippen LogP contribution < -0.4 is 10.9 Å². The topological polar surface area (TPSA) is 76.9 Å². The Bertz CT molecular complexity index is 1080. The molecule has 4 rings (SSSR count). The van der Waals surface area contributed by atoms with Gasteiger partial charge in [0.2, 0.25) is 0 Å². The molecule has 0 fully saturated rings. The number of carbonyl (C=O) groups is 1. The molecule has 6 nitrogen and oxygen atoms in total. The van der Waals surface area contributed by atoms with Gasteiger partial charge >= 0.3 is 0 Å². The average Bonchev–Trinajstić information content (AvgIpc) is 3.29. The number of aromatic nitrogens is 3. The molecule has 3 aromatic rings. The van der Waals surface area contributed by atoms with Crippen LogP contribution in [-0.2, 0) is 19.4 Å². The summed E-state index contributed by atoms with van der Waals surface area (Å²) in [5.41, 5.74) is 3.92. The first-order chi connectivity index (χ1) is 13.0. The Labute approximate surface area is 160 Å². The Kier molecular flexibility index (Phi) is 4.61. The van der Waals surface area contributed by atoms with Crippen LogP contribution in [0.4, 0.5) is 0 Å². The number of hydrogen-bond donors (Lipinski definition) is 1. The molecule has 2 aromatic heterocycles. The number of aryl methyl sites for hydroxylation is 3. The Balaban J connectivity index is 1.68. The summed E-state index contributed by atoms with van der Waals surface area (Å²) in [6, 6.07) is 7.86. The number of carbonyl (C=O) groups excluding carboxylic acids is 1. The highest BCUT2D eigenvalue weighted by atomic mass is 32.1. The second kappa shape index (κ2) is 7.08. The molecule has 7 heteroatoms. The summed E-state index contributed by atoms with van der Waals surface area (Å²) in [4.78, 5) is 25.8. The van der Waals surface area contributed by atoms with Crippen molar-refractivity contribution in [2.45, 2.75) is 39.7 Å². The lowest BCUT2D eigenvalue weighted by Crippen LogP contribution is -2.33. The van der Waals surface area contributed by atoms with Gasteiger partial charge in [0.25, 0.3) is 11.5 Å². The van der Waals surface area contributed by atoms with E-state index >= 15 is 0 Å². The van der Waals surface area contributed by atoms with Crippen LogP contribution in [0.5, 0.6) is 0 Å². The van der Waals surface area contributed by atoms with Crippen molar-refractivity contribution in [2.75, 3.05) is 0 Å². The maximum absolute atomic E-state index is 13.1. The first kappa shape index (κ1) is 17.6. The second-order valence-electron chi connectivity index (χ2n) is 6.71. The molecule has 1 aliphatic carbocycles. The Hall–Kier alpha value is -2.80.